The maximum atomic E-state index is 11.9. The van der Waals surface area contributed by atoms with Gasteiger partial charge in [-0.15, -0.1) is 0 Å². The van der Waals surface area contributed by atoms with Gasteiger partial charge in [-0.25, -0.2) is 0 Å². The zero-order chi connectivity index (χ0) is 13.7. The fourth-order valence-electron chi connectivity index (χ4n) is 1.51. The Hall–Kier alpha value is -1.79. The molecule has 0 saturated carbocycles. The van der Waals surface area contributed by atoms with Gasteiger partial charge in [-0.1, -0.05) is 0 Å². The summed E-state index contributed by atoms with van der Waals surface area (Å²) in [5.41, 5.74) is 6.55. The average molecular weight is 324 g/mol. The molecule has 0 unspecified atom stereocenters. The second kappa shape index (κ2) is 6.40. The Labute approximate surface area is 119 Å². The first-order valence-electron chi connectivity index (χ1n) is 5.77. The molecule has 1 aromatic carbocycles. The summed E-state index contributed by atoms with van der Waals surface area (Å²) in [6, 6.07) is 8.85. The third kappa shape index (κ3) is 3.84. The molecule has 0 aliphatic rings. The van der Waals surface area contributed by atoms with Crippen LogP contribution in [0, 0.1) is 0 Å². The lowest BCUT2D eigenvalue weighted by molar-refractivity contribution is 0.102. The number of nitrogens with one attached hydrogen (secondary N) is 2. The molecule has 19 heavy (non-hydrogen) atoms. The fraction of sp³-hybridized carbons (Fsp3) is 0.154. The van der Waals surface area contributed by atoms with Crippen molar-refractivity contribution in [2.24, 2.45) is 5.73 Å². The van der Waals surface area contributed by atoms with Crippen LogP contribution in [0.4, 0.5) is 5.69 Å². The van der Waals surface area contributed by atoms with E-state index < -0.39 is 0 Å². The molecule has 0 saturated heterocycles. The predicted molar refractivity (Wildman–Crippen MR) is 77.4 cm³/mol. The lowest BCUT2D eigenvalue weighted by Crippen LogP contribution is -2.12. The van der Waals surface area contributed by atoms with Gasteiger partial charge < -0.3 is 20.8 Å². The SMILES string of the molecule is NCCOc1ccc(NC(=O)c2cc(Br)c[nH]2)cc1. The van der Waals surface area contributed by atoms with E-state index in [4.69, 9.17) is 10.5 Å². The lowest BCUT2D eigenvalue weighted by Gasteiger charge is -2.06. The molecule has 5 nitrogen and oxygen atoms in total. The number of carbonyl (C=O) groups excluding carboxylic acids is 1. The Balaban J connectivity index is 1.97. The van der Waals surface area contributed by atoms with Gasteiger partial charge in [-0.3, -0.25) is 4.79 Å². The average Bonchev–Trinajstić information content (AvgIpc) is 2.85. The van der Waals surface area contributed by atoms with E-state index >= 15 is 0 Å². The molecule has 0 bridgehead atoms. The first-order chi connectivity index (χ1) is 9.19. The highest BCUT2D eigenvalue weighted by Crippen LogP contribution is 2.17. The molecule has 0 aliphatic carbocycles. The van der Waals surface area contributed by atoms with Crippen LogP contribution in [0.5, 0.6) is 5.75 Å². The highest BCUT2D eigenvalue weighted by atomic mass is 79.9. The minimum absolute atomic E-state index is 0.193. The second-order valence-corrected chi connectivity index (χ2v) is 4.76. The van der Waals surface area contributed by atoms with Crippen molar-refractivity contribution in [1.82, 2.24) is 4.98 Å². The summed E-state index contributed by atoms with van der Waals surface area (Å²) >= 11 is 3.28. The van der Waals surface area contributed by atoms with Gasteiger partial charge in [0.15, 0.2) is 0 Å². The molecule has 1 aromatic heterocycles. The topological polar surface area (TPSA) is 80.1 Å². The van der Waals surface area contributed by atoms with Crippen LogP contribution in [-0.4, -0.2) is 24.0 Å². The summed E-state index contributed by atoms with van der Waals surface area (Å²) in [7, 11) is 0. The van der Waals surface area contributed by atoms with Crippen molar-refractivity contribution in [2.45, 2.75) is 0 Å². The number of hydrogen-bond acceptors (Lipinski definition) is 3. The number of amides is 1. The van der Waals surface area contributed by atoms with E-state index in [1.807, 2.05) is 0 Å². The van der Waals surface area contributed by atoms with Crippen molar-refractivity contribution >= 4 is 27.5 Å². The van der Waals surface area contributed by atoms with Gasteiger partial charge in [-0.2, -0.15) is 0 Å². The number of anilines is 1. The van der Waals surface area contributed by atoms with Gasteiger partial charge in [0.05, 0.1) is 0 Å². The Morgan fingerprint density at radius 2 is 2.11 bits per heavy atom. The van der Waals surface area contributed by atoms with E-state index in [1.54, 1.807) is 36.5 Å². The number of benzene rings is 1. The van der Waals surface area contributed by atoms with Crippen molar-refractivity contribution in [2.75, 3.05) is 18.5 Å². The predicted octanol–water partition coefficient (Wildman–Crippen LogP) is 2.37. The minimum Gasteiger partial charge on any atom is -0.492 e. The van der Waals surface area contributed by atoms with E-state index in [1.165, 1.54) is 0 Å². The fourth-order valence-corrected chi connectivity index (χ4v) is 1.85. The first kappa shape index (κ1) is 13.6. The number of aromatic nitrogens is 1. The molecular formula is C13H14BrN3O2. The summed E-state index contributed by atoms with van der Waals surface area (Å²) in [6.07, 6.45) is 1.71. The number of ether oxygens (including phenoxy) is 1. The Kier molecular flexibility index (Phi) is 4.59. The van der Waals surface area contributed by atoms with Crippen LogP contribution in [0.25, 0.3) is 0 Å². The smallest absolute Gasteiger partial charge is 0.272 e. The van der Waals surface area contributed by atoms with Crippen LogP contribution < -0.4 is 15.8 Å². The second-order valence-electron chi connectivity index (χ2n) is 3.85. The van der Waals surface area contributed by atoms with Crippen LogP contribution in [0.3, 0.4) is 0 Å². The lowest BCUT2D eigenvalue weighted by atomic mass is 10.3. The van der Waals surface area contributed by atoms with Crippen LogP contribution in [0.15, 0.2) is 41.0 Å². The molecule has 0 aliphatic heterocycles. The van der Waals surface area contributed by atoms with Gasteiger partial charge >= 0.3 is 0 Å². The number of aromatic amines is 1. The van der Waals surface area contributed by atoms with E-state index in [2.05, 4.69) is 26.2 Å². The van der Waals surface area contributed by atoms with Crippen LogP contribution in [0.2, 0.25) is 0 Å². The Bertz CT molecular complexity index is 551. The van der Waals surface area contributed by atoms with Crippen molar-refractivity contribution in [3.63, 3.8) is 0 Å². The number of nitrogens with two attached hydrogens (primary N) is 1. The van der Waals surface area contributed by atoms with E-state index in [0.29, 0.717) is 24.5 Å². The highest BCUT2D eigenvalue weighted by Gasteiger charge is 2.08. The van der Waals surface area contributed by atoms with Crippen molar-refractivity contribution in [3.8, 4) is 5.75 Å². The van der Waals surface area contributed by atoms with E-state index in [-0.39, 0.29) is 5.91 Å². The van der Waals surface area contributed by atoms with Gasteiger partial charge in [0.25, 0.3) is 5.91 Å². The molecule has 1 amide bonds. The molecule has 4 N–H and O–H groups in total. The summed E-state index contributed by atoms with van der Waals surface area (Å²) in [4.78, 5) is 14.7. The first-order valence-corrected chi connectivity index (χ1v) is 6.56. The van der Waals surface area contributed by atoms with Crippen LogP contribution in [-0.2, 0) is 0 Å². The minimum atomic E-state index is -0.193. The van der Waals surface area contributed by atoms with Gasteiger partial charge in [0.2, 0.25) is 0 Å². The molecule has 100 valence electrons. The highest BCUT2D eigenvalue weighted by molar-refractivity contribution is 9.10. The standard InChI is InChI=1S/C13H14BrN3O2/c14-9-7-12(16-8-9)13(18)17-10-1-3-11(4-2-10)19-6-5-15/h1-4,7-8,16H,5-6,15H2,(H,17,18). The van der Waals surface area contributed by atoms with Crippen LogP contribution >= 0.6 is 15.9 Å². The maximum absolute atomic E-state index is 11.9. The number of carbonyl (C=O) groups is 1. The van der Waals surface area contributed by atoms with Crippen molar-refractivity contribution < 1.29 is 9.53 Å². The molecule has 2 aromatic rings. The summed E-state index contributed by atoms with van der Waals surface area (Å²) in [5, 5.41) is 2.78. The Morgan fingerprint density at radius 1 is 1.37 bits per heavy atom. The number of rotatable bonds is 5. The number of halogens is 1. The summed E-state index contributed by atoms with van der Waals surface area (Å²) in [5.74, 6) is 0.535. The van der Waals surface area contributed by atoms with Gasteiger partial charge in [0.1, 0.15) is 18.1 Å². The normalized spacial score (nSPS) is 10.2. The molecule has 6 heteroatoms. The summed E-state index contributed by atoms with van der Waals surface area (Å²) < 4.78 is 6.19. The molecule has 0 spiro atoms. The molecule has 1 heterocycles. The molecule has 0 fully saturated rings. The quantitative estimate of drug-likeness (QED) is 0.790. The van der Waals surface area contributed by atoms with Gasteiger partial charge in [-0.05, 0) is 46.3 Å². The zero-order valence-corrected chi connectivity index (χ0v) is 11.7. The van der Waals surface area contributed by atoms with Crippen molar-refractivity contribution in [3.05, 3.63) is 46.7 Å². The zero-order valence-electron chi connectivity index (χ0n) is 10.2. The Morgan fingerprint density at radius 3 is 2.68 bits per heavy atom. The van der Waals surface area contributed by atoms with Crippen molar-refractivity contribution in [1.29, 1.82) is 0 Å². The third-order valence-corrected chi connectivity index (χ3v) is 2.85. The number of H-pyrrole nitrogens is 1. The molecule has 0 radical (unpaired) electrons. The largest absolute Gasteiger partial charge is 0.492 e. The number of hydrogen-bond donors (Lipinski definition) is 3. The summed E-state index contributed by atoms with van der Waals surface area (Å²) in [6.45, 7) is 0.947. The third-order valence-electron chi connectivity index (χ3n) is 2.39. The van der Waals surface area contributed by atoms with E-state index in [0.717, 1.165) is 10.2 Å². The van der Waals surface area contributed by atoms with E-state index in [9.17, 15) is 4.79 Å². The molecule has 2 rings (SSSR count). The molecule has 0 atom stereocenters. The monoisotopic (exact) mass is 323 g/mol. The van der Waals surface area contributed by atoms with Crippen LogP contribution in [0.1, 0.15) is 10.5 Å². The maximum Gasteiger partial charge on any atom is 0.272 e. The van der Waals surface area contributed by atoms with Gasteiger partial charge in [0, 0.05) is 22.9 Å². The molecular weight excluding hydrogens is 310 g/mol.